The van der Waals surface area contributed by atoms with E-state index in [-0.39, 0.29) is 15.4 Å². The van der Waals surface area contributed by atoms with Crippen molar-refractivity contribution in [1.82, 2.24) is 0 Å². The van der Waals surface area contributed by atoms with Crippen LogP contribution in [0.2, 0.25) is 0 Å². The lowest BCUT2D eigenvalue weighted by Gasteiger charge is -2.19. The topological polar surface area (TPSA) is 17.1 Å². The summed E-state index contributed by atoms with van der Waals surface area (Å²) in [5.41, 5.74) is 4.62. The van der Waals surface area contributed by atoms with Gasteiger partial charge in [-0.25, -0.2) is 0 Å². The van der Waals surface area contributed by atoms with Gasteiger partial charge in [-0.3, -0.25) is 4.79 Å². The third-order valence-corrected chi connectivity index (χ3v) is 6.31. The molecule has 0 spiro atoms. The van der Waals surface area contributed by atoms with Crippen LogP contribution in [-0.2, 0) is 11.2 Å². The highest BCUT2D eigenvalue weighted by Crippen LogP contribution is 2.43. The van der Waals surface area contributed by atoms with Gasteiger partial charge in [0.1, 0.15) is 0 Å². The van der Waals surface area contributed by atoms with Crippen molar-refractivity contribution in [2.45, 2.75) is 22.5 Å². The van der Waals surface area contributed by atoms with Gasteiger partial charge in [-0.05, 0) is 16.7 Å². The Morgan fingerprint density at radius 1 is 1.11 bits per heavy atom. The summed E-state index contributed by atoms with van der Waals surface area (Å²) in [6.07, 6.45) is 5.34. The highest BCUT2D eigenvalue weighted by molar-refractivity contribution is 9.12. The highest BCUT2D eigenvalue weighted by Gasteiger charge is 2.31. The minimum Gasteiger partial charge on any atom is -0.294 e. The molecule has 2 aliphatic rings. The Morgan fingerprint density at radius 3 is 2.72 bits per heavy atom. The van der Waals surface area contributed by atoms with E-state index < -0.39 is 0 Å². The quantitative estimate of drug-likeness (QED) is 0.626. The van der Waals surface area contributed by atoms with Crippen LogP contribution >= 0.6 is 31.9 Å². The van der Waals surface area contributed by atoms with E-state index in [1.807, 2.05) is 12.1 Å². The van der Waals surface area contributed by atoms with Crippen LogP contribution in [0.4, 0.5) is 0 Å². The summed E-state index contributed by atoms with van der Waals surface area (Å²) in [4.78, 5) is 12.5. The summed E-state index contributed by atoms with van der Waals surface area (Å²) in [7, 11) is 0. The lowest BCUT2D eigenvalue weighted by atomic mass is 9.92. The number of alkyl halides is 2. The highest BCUT2D eigenvalue weighted by atomic mass is 79.9. The average molecular weight is 368 g/mol. The van der Waals surface area contributed by atoms with Crippen LogP contribution in [0.3, 0.4) is 0 Å². The molecule has 3 rings (SSSR count). The third-order valence-electron chi connectivity index (χ3n) is 3.56. The number of rotatable bonds is 0. The summed E-state index contributed by atoms with van der Waals surface area (Å²) in [5, 5.41) is 0. The van der Waals surface area contributed by atoms with Crippen molar-refractivity contribution in [2.24, 2.45) is 0 Å². The first-order valence-electron chi connectivity index (χ1n) is 5.97. The second-order valence-corrected chi connectivity index (χ2v) is 6.62. The van der Waals surface area contributed by atoms with Crippen LogP contribution in [0.25, 0.3) is 0 Å². The Kier molecular flexibility index (Phi) is 3.29. The van der Waals surface area contributed by atoms with E-state index in [9.17, 15) is 4.79 Å². The van der Waals surface area contributed by atoms with Gasteiger partial charge in [0.05, 0.1) is 9.65 Å². The number of fused-ring (bicyclic) bond motifs is 1. The van der Waals surface area contributed by atoms with E-state index in [2.05, 4.69) is 56.1 Å². The minimum absolute atomic E-state index is 0.150. The molecule has 0 heterocycles. The fraction of sp³-hybridized carbons (Fsp3) is 0.267. The molecule has 1 nitrogen and oxygen atoms in total. The summed E-state index contributed by atoms with van der Waals surface area (Å²) in [6, 6.07) is 8.34. The molecular formula is C15H12Br2O. The zero-order valence-corrected chi connectivity index (χ0v) is 12.9. The molecule has 0 N–H and O–H groups in total. The van der Waals surface area contributed by atoms with Gasteiger partial charge < -0.3 is 0 Å². The van der Waals surface area contributed by atoms with Crippen LogP contribution < -0.4 is 0 Å². The SMILES string of the molecule is O=C1CC=CC2=C1Cc1ccccc1C(Br)C2Br. The van der Waals surface area contributed by atoms with E-state index >= 15 is 0 Å². The molecule has 18 heavy (non-hydrogen) atoms. The number of ketones is 1. The Bertz CT molecular complexity index is 572. The fourth-order valence-electron chi connectivity index (χ4n) is 2.61. The Balaban J connectivity index is 2.17. The first-order chi connectivity index (χ1) is 8.68. The Labute approximate surface area is 123 Å². The average Bonchev–Trinajstić information content (AvgIpc) is 2.49. The van der Waals surface area contributed by atoms with Gasteiger partial charge in [0.25, 0.3) is 0 Å². The number of allylic oxidation sites excluding steroid dienone is 4. The molecule has 0 radical (unpaired) electrons. The standard InChI is InChI=1S/C15H12Br2O/c16-14-10-5-2-1-4-9(10)8-12-11(15(14)17)6-3-7-13(12)18/h1-6,14-15H,7-8H2. The van der Waals surface area contributed by atoms with E-state index in [1.165, 1.54) is 11.1 Å². The number of halogens is 2. The van der Waals surface area contributed by atoms with Crippen LogP contribution in [-0.4, -0.2) is 10.6 Å². The first kappa shape index (κ1) is 12.4. The van der Waals surface area contributed by atoms with E-state index in [1.54, 1.807) is 0 Å². The van der Waals surface area contributed by atoms with Crippen molar-refractivity contribution in [2.75, 3.05) is 0 Å². The van der Waals surface area contributed by atoms with Gasteiger partial charge in [-0.15, -0.1) is 0 Å². The van der Waals surface area contributed by atoms with Crippen LogP contribution in [0.15, 0.2) is 47.6 Å². The molecule has 0 aromatic heterocycles. The maximum atomic E-state index is 12.1. The van der Waals surface area contributed by atoms with Gasteiger partial charge >= 0.3 is 0 Å². The maximum Gasteiger partial charge on any atom is 0.163 e. The van der Waals surface area contributed by atoms with Crippen molar-refractivity contribution in [3.8, 4) is 0 Å². The molecule has 0 aliphatic heterocycles. The molecule has 2 aliphatic carbocycles. The number of carbonyl (C=O) groups is 1. The smallest absolute Gasteiger partial charge is 0.163 e. The van der Waals surface area contributed by atoms with Crippen LogP contribution in [0.1, 0.15) is 22.4 Å². The zero-order valence-electron chi connectivity index (χ0n) is 9.70. The summed E-state index contributed by atoms with van der Waals surface area (Å²) in [6.45, 7) is 0. The van der Waals surface area contributed by atoms with E-state index in [0.29, 0.717) is 6.42 Å². The second kappa shape index (κ2) is 4.78. The molecule has 1 aromatic rings. The van der Waals surface area contributed by atoms with Gasteiger partial charge in [0, 0.05) is 18.4 Å². The van der Waals surface area contributed by atoms with Crippen molar-refractivity contribution >= 4 is 37.6 Å². The minimum atomic E-state index is 0.150. The zero-order chi connectivity index (χ0) is 12.7. The van der Waals surface area contributed by atoms with Crippen molar-refractivity contribution in [3.05, 3.63) is 58.7 Å². The normalized spacial score (nSPS) is 26.7. The summed E-state index contributed by atoms with van der Waals surface area (Å²) >= 11 is 7.49. The lowest BCUT2D eigenvalue weighted by Crippen LogP contribution is -2.15. The second-order valence-electron chi connectivity index (χ2n) is 4.64. The maximum absolute atomic E-state index is 12.1. The molecule has 0 saturated carbocycles. The number of carbonyl (C=O) groups excluding carboxylic acids is 1. The number of hydrogen-bond donors (Lipinski definition) is 0. The number of hydrogen-bond acceptors (Lipinski definition) is 1. The van der Waals surface area contributed by atoms with E-state index in [4.69, 9.17) is 0 Å². The first-order valence-corrected chi connectivity index (χ1v) is 7.80. The van der Waals surface area contributed by atoms with Crippen molar-refractivity contribution in [1.29, 1.82) is 0 Å². The summed E-state index contributed by atoms with van der Waals surface area (Å²) < 4.78 is 0. The van der Waals surface area contributed by atoms with Crippen LogP contribution in [0.5, 0.6) is 0 Å². The molecule has 2 atom stereocenters. The predicted octanol–water partition coefficient (Wildman–Crippen LogP) is 4.27. The lowest BCUT2D eigenvalue weighted by molar-refractivity contribution is -0.115. The monoisotopic (exact) mass is 366 g/mol. The molecule has 3 heteroatoms. The molecule has 0 amide bonds. The van der Waals surface area contributed by atoms with Gasteiger partial charge in [-0.2, -0.15) is 0 Å². The molecule has 1 aromatic carbocycles. The number of Topliss-reactive ketones (excluding diaryl/α,β-unsaturated/α-hetero) is 1. The molecule has 0 saturated heterocycles. The van der Waals surface area contributed by atoms with Gasteiger partial charge in [0.15, 0.2) is 5.78 Å². The fourth-order valence-corrected chi connectivity index (χ4v) is 4.05. The van der Waals surface area contributed by atoms with Crippen molar-refractivity contribution in [3.63, 3.8) is 0 Å². The summed E-state index contributed by atoms with van der Waals surface area (Å²) in [5.74, 6) is 0.258. The molecule has 0 bridgehead atoms. The Morgan fingerprint density at radius 2 is 1.89 bits per heavy atom. The van der Waals surface area contributed by atoms with E-state index in [0.717, 1.165) is 17.6 Å². The third kappa shape index (κ3) is 1.94. The van der Waals surface area contributed by atoms with Crippen LogP contribution in [0, 0.1) is 0 Å². The largest absolute Gasteiger partial charge is 0.294 e. The van der Waals surface area contributed by atoms with Crippen molar-refractivity contribution < 1.29 is 4.79 Å². The van der Waals surface area contributed by atoms with Gasteiger partial charge in [-0.1, -0.05) is 68.3 Å². The molecule has 92 valence electrons. The number of benzene rings is 1. The molecule has 2 unspecified atom stereocenters. The Hall–Kier alpha value is -0.670. The predicted molar refractivity (Wildman–Crippen MR) is 80.3 cm³/mol. The molecule has 0 fully saturated rings. The van der Waals surface area contributed by atoms with Gasteiger partial charge in [0.2, 0.25) is 0 Å². The molecular weight excluding hydrogens is 356 g/mol.